The number of nitrogens with zero attached hydrogens (tertiary/aromatic N) is 3. The molecule has 1 saturated carbocycles. The smallest absolute Gasteiger partial charge is 0.272 e. The predicted octanol–water partition coefficient (Wildman–Crippen LogP) is 3.06. The normalized spacial score (nSPS) is 19.2. The fourth-order valence-corrected chi connectivity index (χ4v) is 3.93. The standard InChI is InChI=1S/C19H21N5O3S/c1-26-17-10-20-11-18(22-17)27-13-6-4-12(5-7-13)21-19(25)15-9-14(23-24-15)16-3-2-8-28-16/h2-3,8-13H,4-7H2,1H3,(H,21,25)(H,23,24). The predicted molar refractivity (Wildman–Crippen MR) is 105 cm³/mol. The van der Waals surface area contributed by atoms with Gasteiger partial charge in [0, 0.05) is 6.04 Å². The Balaban J connectivity index is 1.27. The third kappa shape index (κ3) is 4.30. The van der Waals surface area contributed by atoms with Crippen molar-refractivity contribution < 1.29 is 14.3 Å². The van der Waals surface area contributed by atoms with E-state index in [-0.39, 0.29) is 18.1 Å². The lowest BCUT2D eigenvalue weighted by Gasteiger charge is -2.28. The number of carbonyl (C=O) groups is 1. The summed E-state index contributed by atoms with van der Waals surface area (Å²) in [5, 5.41) is 12.1. The van der Waals surface area contributed by atoms with Crippen LogP contribution in [0, 0.1) is 0 Å². The largest absolute Gasteiger partial charge is 0.480 e. The molecule has 1 aliphatic carbocycles. The number of carbonyl (C=O) groups excluding carboxylic acids is 1. The highest BCUT2D eigenvalue weighted by Crippen LogP contribution is 2.25. The van der Waals surface area contributed by atoms with Gasteiger partial charge in [-0.1, -0.05) is 6.07 Å². The first-order chi connectivity index (χ1) is 13.7. The van der Waals surface area contributed by atoms with Gasteiger partial charge < -0.3 is 14.8 Å². The lowest BCUT2D eigenvalue weighted by atomic mass is 9.93. The lowest BCUT2D eigenvalue weighted by molar-refractivity contribution is 0.0884. The van der Waals surface area contributed by atoms with Gasteiger partial charge in [-0.25, -0.2) is 0 Å². The Morgan fingerprint density at radius 2 is 2.07 bits per heavy atom. The van der Waals surface area contributed by atoms with Crippen LogP contribution >= 0.6 is 11.3 Å². The van der Waals surface area contributed by atoms with Gasteiger partial charge >= 0.3 is 0 Å². The molecule has 0 radical (unpaired) electrons. The fraction of sp³-hybridized carbons (Fsp3) is 0.368. The van der Waals surface area contributed by atoms with Crippen LogP contribution in [-0.2, 0) is 0 Å². The second-order valence-electron chi connectivity index (χ2n) is 6.61. The van der Waals surface area contributed by atoms with Crippen LogP contribution in [0.15, 0.2) is 36.0 Å². The number of rotatable bonds is 6. The van der Waals surface area contributed by atoms with Crippen molar-refractivity contribution in [3.05, 3.63) is 41.7 Å². The number of hydrogen-bond donors (Lipinski definition) is 2. The van der Waals surface area contributed by atoms with Crippen LogP contribution in [-0.4, -0.2) is 45.3 Å². The van der Waals surface area contributed by atoms with Gasteiger partial charge in [0.2, 0.25) is 11.8 Å². The fourth-order valence-electron chi connectivity index (χ4n) is 3.24. The third-order valence-corrected chi connectivity index (χ3v) is 5.60. The van der Waals surface area contributed by atoms with Gasteiger partial charge in [0.05, 0.1) is 30.1 Å². The van der Waals surface area contributed by atoms with E-state index in [0.717, 1.165) is 36.3 Å². The summed E-state index contributed by atoms with van der Waals surface area (Å²) in [7, 11) is 1.55. The molecular weight excluding hydrogens is 378 g/mol. The van der Waals surface area contributed by atoms with E-state index in [1.165, 1.54) is 6.20 Å². The molecule has 1 aliphatic rings. The van der Waals surface area contributed by atoms with Crippen molar-refractivity contribution in [1.82, 2.24) is 25.5 Å². The summed E-state index contributed by atoms with van der Waals surface area (Å²) in [5.41, 5.74) is 1.27. The first-order valence-corrected chi connectivity index (χ1v) is 10.0. The van der Waals surface area contributed by atoms with E-state index < -0.39 is 0 Å². The molecule has 28 heavy (non-hydrogen) atoms. The SMILES string of the molecule is COc1cncc(OC2CCC(NC(=O)c3cc(-c4cccs4)[nH]n3)CC2)n1. The van der Waals surface area contributed by atoms with E-state index in [9.17, 15) is 4.79 Å². The van der Waals surface area contributed by atoms with Crippen LogP contribution in [0.5, 0.6) is 11.8 Å². The highest BCUT2D eigenvalue weighted by Gasteiger charge is 2.25. The molecule has 8 nitrogen and oxygen atoms in total. The van der Waals surface area contributed by atoms with Gasteiger partial charge in [-0.05, 0) is 43.2 Å². The summed E-state index contributed by atoms with van der Waals surface area (Å²) >= 11 is 1.61. The minimum Gasteiger partial charge on any atom is -0.480 e. The van der Waals surface area contributed by atoms with Gasteiger partial charge in [0.15, 0.2) is 5.69 Å². The molecule has 1 amide bonds. The quantitative estimate of drug-likeness (QED) is 0.660. The summed E-state index contributed by atoms with van der Waals surface area (Å²) < 4.78 is 11.0. The van der Waals surface area contributed by atoms with Gasteiger partial charge in [0.1, 0.15) is 6.10 Å². The Hall–Kier alpha value is -2.94. The Morgan fingerprint density at radius 1 is 1.25 bits per heavy atom. The summed E-state index contributed by atoms with van der Waals surface area (Å²) in [6.07, 6.45) is 6.55. The molecule has 0 unspecified atom stereocenters. The molecule has 146 valence electrons. The molecule has 3 aromatic heterocycles. The molecule has 0 aliphatic heterocycles. The number of aromatic amines is 1. The maximum atomic E-state index is 12.5. The highest BCUT2D eigenvalue weighted by molar-refractivity contribution is 7.13. The number of nitrogens with one attached hydrogen (secondary N) is 2. The molecular formula is C19H21N5O3S. The second kappa shape index (κ2) is 8.39. The van der Waals surface area contributed by atoms with E-state index >= 15 is 0 Å². The zero-order valence-corrected chi connectivity index (χ0v) is 16.2. The van der Waals surface area contributed by atoms with E-state index in [2.05, 4.69) is 25.5 Å². The molecule has 0 saturated heterocycles. The van der Waals surface area contributed by atoms with Crippen LogP contribution in [0.4, 0.5) is 0 Å². The summed E-state index contributed by atoms with van der Waals surface area (Å²) in [4.78, 5) is 21.8. The van der Waals surface area contributed by atoms with E-state index in [1.54, 1.807) is 30.7 Å². The Labute approximate surface area is 166 Å². The molecule has 3 heterocycles. The van der Waals surface area contributed by atoms with Crippen LogP contribution in [0.25, 0.3) is 10.6 Å². The van der Waals surface area contributed by atoms with Crippen molar-refractivity contribution in [2.75, 3.05) is 7.11 Å². The third-order valence-electron chi connectivity index (χ3n) is 4.69. The molecule has 0 spiro atoms. The summed E-state index contributed by atoms with van der Waals surface area (Å²) in [6.45, 7) is 0. The van der Waals surface area contributed by atoms with E-state index in [0.29, 0.717) is 17.5 Å². The molecule has 0 bridgehead atoms. The first-order valence-electron chi connectivity index (χ1n) is 9.14. The Morgan fingerprint density at radius 3 is 2.82 bits per heavy atom. The number of hydrogen-bond acceptors (Lipinski definition) is 7. The molecule has 1 fully saturated rings. The van der Waals surface area contributed by atoms with Crippen LogP contribution in [0.3, 0.4) is 0 Å². The van der Waals surface area contributed by atoms with Crippen molar-refractivity contribution in [2.24, 2.45) is 0 Å². The molecule has 0 atom stereocenters. The van der Waals surface area contributed by atoms with E-state index in [1.807, 2.05) is 17.5 Å². The zero-order valence-electron chi connectivity index (χ0n) is 15.4. The lowest BCUT2D eigenvalue weighted by Crippen LogP contribution is -2.39. The average molecular weight is 399 g/mol. The molecule has 2 N–H and O–H groups in total. The average Bonchev–Trinajstić information content (AvgIpc) is 3.41. The maximum Gasteiger partial charge on any atom is 0.272 e. The molecule has 3 aromatic rings. The van der Waals surface area contributed by atoms with Crippen LogP contribution in [0.1, 0.15) is 36.2 Å². The first kappa shape index (κ1) is 18.4. The van der Waals surface area contributed by atoms with Gasteiger partial charge in [-0.15, -0.1) is 11.3 Å². The van der Waals surface area contributed by atoms with Crippen molar-refractivity contribution in [3.8, 4) is 22.3 Å². The highest BCUT2D eigenvalue weighted by atomic mass is 32.1. The number of thiophene rings is 1. The van der Waals surface area contributed by atoms with Gasteiger partial charge in [-0.2, -0.15) is 10.1 Å². The number of H-pyrrole nitrogens is 1. The van der Waals surface area contributed by atoms with Crippen molar-refractivity contribution in [3.63, 3.8) is 0 Å². The monoisotopic (exact) mass is 399 g/mol. The van der Waals surface area contributed by atoms with Gasteiger partial charge in [-0.3, -0.25) is 14.9 Å². The minimum atomic E-state index is -0.151. The van der Waals surface area contributed by atoms with E-state index in [4.69, 9.17) is 9.47 Å². The number of amides is 1. The Bertz CT molecular complexity index is 919. The second-order valence-corrected chi connectivity index (χ2v) is 7.56. The van der Waals surface area contributed by atoms with Crippen LogP contribution < -0.4 is 14.8 Å². The van der Waals surface area contributed by atoms with Crippen LogP contribution in [0.2, 0.25) is 0 Å². The minimum absolute atomic E-state index is 0.0605. The van der Waals surface area contributed by atoms with Crippen molar-refractivity contribution in [2.45, 2.75) is 37.8 Å². The summed E-state index contributed by atoms with van der Waals surface area (Å²) in [6, 6.07) is 5.87. The van der Waals surface area contributed by atoms with Crippen molar-refractivity contribution in [1.29, 1.82) is 0 Å². The Kier molecular flexibility index (Phi) is 5.52. The zero-order chi connectivity index (χ0) is 19.3. The number of aromatic nitrogens is 4. The molecule has 4 rings (SSSR count). The number of methoxy groups -OCH3 is 1. The molecule has 9 heteroatoms. The van der Waals surface area contributed by atoms with Crippen molar-refractivity contribution >= 4 is 17.2 Å². The number of ether oxygens (including phenoxy) is 2. The molecule has 0 aromatic carbocycles. The topological polar surface area (TPSA) is 102 Å². The maximum absolute atomic E-state index is 12.5. The summed E-state index contributed by atoms with van der Waals surface area (Å²) in [5.74, 6) is 0.742. The van der Waals surface area contributed by atoms with Gasteiger partial charge in [0.25, 0.3) is 5.91 Å².